The molecule has 1 atom stereocenters. The number of aryl methyl sites for hydroxylation is 2. The number of benzene rings is 3. The van der Waals surface area contributed by atoms with Crippen molar-refractivity contribution in [2.24, 2.45) is 11.1 Å². The molecule has 5 rings (SSSR count). The predicted molar refractivity (Wildman–Crippen MR) is 155 cm³/mol. The number of carbonyl (C=O) groups excluding carboxylic acids is 1. The van der Waals surface area contributed by atoms with Crippen molar-refractivity contribution >= 4 is 11.5 Å². The van der Waals surface area contributed by atoms with E-state index < -0.39 is 5.92 Å². The van der Waals surface area contributed by atoms with E-state index in [0.717, 1.165) is 39.3 Å². The average molecular weight is 536 g/mol. The van der Waals surface area contributed by atoms with Gasteiger partial charge in [0.2, 0.25) is 0 Å². The Bertz CT molecular complexity index is 1590. The molecule has 204 valence electrons. The maximum absolute atomic E-state index is 13.9. The van der Waals surface area contributed by atoms with Gasteiger partial charge in [-0.25, -0.2) is 4.39 Å². The third-order valence-corrected chi connectivity index (χ3v) is 7.89. The SMILES string of the molecule is Cc1ccc(OCc2cc(C)cc(C3C(C#N)=C(N)N(c4ccc(F)cc4)C4=C3C(=O)CC(C)(C)C4)c2C)cc1. The molecule has 0 fully saturated rings. The van der Waals surface area contributed by atoms with Gasteiger partial charge in [0, 0.05) is 23.4 Å². The Morgan fingerprint density at radius 2 is 1.70 bits per heavy atom. The molecule has 0 amide bonds. The molecule has 0 saturated carbocycles. The summed E-state index contributed by atoms with van der Waals surface area (Å²) in [7, 11) is 0. The van der Waals surface area contributed by atoms with Crippen LogP contribution in [0.5, 0.6) is 5.75 Å². The number of nitrogens with two attached hydrogens (primary N) is 1. The zero-order chi connectivity index (χ0) is 28.8. The Morgan fingerprint density at radius 1 is 1.02 bits per heavy atom. The highest BCUT2D eigenvalue weighted by Crippen LogP contribution is 2.51. The number of halogens is 1. The highest BCUT2D eigenvalue weighted by Gasteiger charge is 2.45. The first-order valence-electron chi connectivity index (χ1n) is 13.5. The molecular weight excluding hydrogens is 501 g/mol. The molecule has 6 heteroatoms. The number of carbonyl (C=O) groups is 1. The van der Waals surface area contributed by atoms with Gasteiger partial charge in [0.1, 0.15) is 24.0 Å². The maximum Gasteiger partial charge on any atom is 0.162 e. The number of rotatable bonds is 5. The minimum atomic E-state index is -0.599. The van der Waals surface area contributed by atoms with Crippen LogP contribution in [0.1, 0.15) is 60.4 Å². The van der Waals surface area contributed by atoms with Crippen molar-refractivity contribution in [2.45, 2.75) is 60.0 Å². The van der Waals surface area contributed by atoms with Crippen LogP contribution in [0.3, 0.4) is 0 Å². The molecule has 0 saturated heterocycles. The van der Waals surface area contributed by atoms with Gasteiger partial charge < -0.3 is 10.5 Å². The van der Waals surface area contributed by atoms with Crippen molar-refractivity contribution in [3.8, 4) is 11.8 Å². The molecule has 0 radical (unpaired) electrons. The second kappa shape index (κ2) is 10.3. The lowest BCUT2D eigenvalue weighted by molar-refractivity contribution is -0.118. The zero-order valence-electron chi connectivity index (χ0n) is 23.6. The number of nitriles is 1. The van der Waals surface area contributed by atoms with E-state index in [1.54, 1.807) is 17.0 Å². The number of hydrogen-bond donors (Lipinski definition) is 1. The van der Waals surface area contributed by atoms with E-state index in [-0.39, 0.29) is 22.8 Å². The van der Waals surface area contributed by atoms with Crippen LogP contribution >= 0.6 is 0 Å². The summed E-state index contributed by atoms with van der Waals surface area (Å²) in [4.78, 5) is 15.7. The van der Waals surface area contributed by atoms with E-state index in [1.807, 2.05) is 51.1 Å². The third kappa shape index (κ3) is 5.00. The van der Waals surface area contributed by atoms with Crippen LogP contribution in [0.15, 0.2) is 83.3 Å². The Balaban J connectivity index is 1.66. The molecule has 2 N–H and O–H groups in total. The van der Waals surface area contributed by atoms with Gasteiger partial charge in [0.05, 0.1) is 17.6 Å². The quantitative estimate of drug-likeness (QED) is 0.372. The fourth-order valence-corrected chi connectivity index (χ4v) is 5.91. The summed E-state index contributed by atoms with van der Waals surface area (Å²) in [6.07, 6.45) is 0.960. The Labute approximate surface area is 235 Å². The van der Waals surface area contributed by atoms with E-state index in [9.17, 15) is 14.4 Å². The second-order valence-corrected chi connectivity index (χ2v) is 11.7. The molecule has 1 heterocycles. The first-order valence-corrected chi connectivity index (χ1v) is 13.5. The van der Waals surface area contributed by atoms with Crippen molar-refractivity contribution in [3.05, 3.63) is 117 Å². The lowest BCUT2D eigenvalue weighted by Crippen LogP contribution is -2.42. The Kier molecular flexibility index (Phi) is 7.01. The molecule has 1 aliphatic heterocycles. The monoisotopic (exact) mass is 535 g/mol. The van der Waals surface area contributed by atoms with E-state index in [0.29, 0.717) is 36.3 Å². The Hall–Kier alpha value is -4.37. The van der Waals surface area contributed by atoms with Gasteiger partial charge in [-0.1, -0.05) is 49.2 Å². The number of Topliss-reactive ketones (excluding diaryl/α,β-unsaturated/α-hetero) is 1. The summed E-state index contributed by atoms with van der Waals surface area (Å²) < 4.78 is 19.9. The molecular formula is C34H34FN3O2. The van der Waals surface area contributed by atoms with E-state index in [4.69, 9.17) is 10.5 Å². The average Bonchev–Trinajstić information content (AvgIpc) is 2.89. The summed E-state index contributed by atoms with van der Waals surface area (Å²) in [6.45, 7) is 10.5. The second-order valence-electron chi connectivity index (χ2n) is 11.7. The number of hydrogen-bond acceptors (Lipinski definition) is 5. The van der Waals surface area contributed by atoms with Gasteiger partial charge in [0.15, 0.2) is 5.78 Å². The van der Waals surface area contributed by atoms with Crippen LogP contribution in [0.2, 0.25) is 0 Å². The summed E-state index contributed by atoms with van der Waals surface area (Å²) in [5, 5.41) is 10.5. The number of nitrogens with zero attached hydrogens (tertiary/aromatic N) is 2. The Morgan fingerprint density at radius 3 is 2.35 bits per heavy atom. The highest BCUT2D eigenvalue weighted by atomic mass is 19.1. The first kappa shape index (κ1) is 27.2. The number of ketones is 1. The smallest absolute Gasteiger partial charge is 0.162 e. The van der Waals surface area contributed by atoms with E-state index in [2.05, 4.69) is 26.0 Å². The van der Waals surface area contributed by atoms with Crippen LogP contribution in [0, 0.1) is 43.3 Å². The predicted octanol–water partition coefficient (Wildman–Crippen LogP) is 7.27. The largest absolute Gasteiger partial charge is 0.489 e. The van der Waals surface area contributed by atoms with Gasteiger partial charge in [-0.2, -0.15) is 5.26 Å². The van der Waals surface area contributed by atoms with Crippen LogP contribution in [-0.2, 0) is 11.4 Å². The molecule has 40 heavy (non-hydrogen) atoms. The molecule has 3 aromatic rings. The number of allylic oxidation sites excluding steroid dienone is 3. The maximum atomic E-state index is 13.9. The van der Waals surface area contributed by atoms with Crippen LogP contribution in [0.25, 0.3) is 0 Å². The van der Waals surface area contributed by atoms with Gasteiger partial charge in [-0.15, -0.1) is 0 Å². The lowest BCUT2D eigenvalue weighted by atomic mass is 9.68. The normalized spacial score (nSPS) is 18.5. The third-order valence-electron chi connectivity index (χ3n) is 7.89. The molecule has 5 nitrogen and oxygen atoms in total. The van der Waals surface area contributed by atoms with E-state index >= 15 is 0 Å². The van der Waals surface area contributed by atoms with Gasteiger partial charge >= 0.3 is 0 Å². The molecule has 1 aliphatic carbocycles. The fraction of sp³-hybridized carbons (Fsp3) is 0.294. The van der Waals surface area contributed by atoms with Gasteiger partial charge in [0.25, 0.3) is 0 Å². The minimum Gasteiger partial charge on any atom is -0.489 e. The molecule has 0 aromatic heterocycles. The van der Waals surface area contributed by atoms with Crippen molar-refractivity contribution in [3.63, 3.8) is 0 Å². The fourth-order valence-electron chi connectivity index (χ4n) is 5.91. The minimum absolute atomic E-state index is 0.00183. The van der Waals surface area contributed by atoms with Crippen LogP contribution in [0.4, 0.5) is 10.1 Å². The summed E-state index contributed by atoms with van der Waals surface area (Å²) in [5.74, 6) is 0.0749. The molecule has 0 bridgehead atoms. The van der Waals surface area contributed by atoms with Gasteiger partial charge in [-0.05, 0) is 85.7 Å². The molecule has 1 unspecified atom stereocenters. The summed E-state index contributed by atoms with van der Waals surface area (Å²) >= 11 is 0. The zero-order valence-corrected chi connectivity index (χ0v) is 23.6. The molecule has 3 aromatic carbocycles. The van der Waals surface area contributed by atoms with Crippen molar-refractivity contribution in [2.75, 3.05) is 4.90 Å². The van der Waals surface area contributed by atoms with Crippen molar-refractivity contribution in [1.82, 2.24) is 0 Å². The van der Waals surface area contributed by atoms with Crippen molar-refractivity contribution < 1.29 is 13.9 Å². The number of ether oxygens (including phenoxy) is 1. The summed E-state index contributed by atoms with van der Waals surface area (Å²) in [5.41, 5.74) is 13.8. The molecule has 2 aliphatic rings. The lowest BCUT2D eigenvalue weighted by Gasteiger charge is -2.44. The van der Waals surface area contributed by atoms with Gasteiger partial charge in [-0.3, -0.25) is 9.69 Å². The van der Waals surface area contributed by atoms with Crippen LogP contribution < -0.4 is 15.4 Å². The molecule has 0 spiro atoms. The standard InChI is InChI=1S/C34H34FN3O2/c1-20-6-12-26(13-7-20)40-19-23-14-21(2)15-27(22(23)3)31-28(18-36)33(37)38(25-10-8-24(35)9-11-25)29-16-34(4,5)17-30(39)32(29)31/h6-15,31H,16-17,19,37H2,1-5H3. The first-order chi connectivity index (χ1) is 19.0. The van der Waals surface area contributed by atoms with E-state index in [1.165, 1.54) is 12.1 Å². The highest BCUT2D eigenvalue weighted by molar-refractivity contribution is 6.01. The van der Waals surface area contributed by atoms with Crippen LogP contribution in [-0.4, -0.2) is 5.78 Å². The van der Waals surface area contributed by atoms with Crippen molar-refractivity contribution in [1.29, 1.82) is 5.26 Å². The summed E-state index contributed by atoms with van der Waals surface area (Å²) in [6, 6.07) is 20.4. The number of anilines is 1. The topological polar surface area (TPSA) is 79.3 Å².